The molecule has 0 aliphatic carbocycles. The molecule has 0 radical (unpaired) electrons. The zero-order valence-corrected chi connectivity index (χ0v) is 8.82. The van der Waals surface area contributed by atoms with Crippen molar-refractivity contribution in [2.24, 2.45) is 0 Å². The highest BCUT2D eigenvalue weighted by Gasteiger charge is 2.17. The van der Waals surface area contributed by atoms with Gasteiger partial charge in [0.25, 0.3) is 0 Å². The molecule has 82 valence electrons. The second kappa shape index (κ2) is 4.33. The second-order valence-electron chi connectivity index (χ2n) is 3.78. The zero-order chi connectivity index (χ0) is 10.7. The summed E-state index contributed by atoms with van der Waals surface area (Å²) in [6, 6.07) is 1.82. The Bertz CT molecular complexity index is 342. The van der Waals surface area contributed by atoms with Crippen LogP contribution in [-0.4, -0.2) is 29.2 Å². The van der Waals surface area contributed by atoms with Crippen LogP contribution in [0.3, 0.4) is 0 Å². The maximum atomic E-state index is 11.6. The number of rotatable bonds is 2. The highest BCUT2D eigenvalue weighted by molar-refractivity contribution is 5.74. The first-order valence-corrected chi connectivity index (χ1v) is 5.20. The van der Waals surface area contributed by atoms with Gasteiger partial charge in [-0.3, -0.25) is 0 Å². The molecule has 1 aromatic rings. The van der Waals surface area contributed by atoms with Crippen molar-refractivity contribution in [3.63, 3.8) is 0 Å². The van der Waals surface area contributed by atoms with Crippen LogP contribution in [0.4, 0.5) is 4.79 Å². The first-order valence-electron chi connectivity index (χ1n) is 5.20. The number of urea groups is 1. The van der Waals surface area contributed by atoms with Gasteiger partial charge in [-0.15, -0.1) is 0 Å². The lowest BCUT2D eigenvalue weighted by Gasteiger charge is -2.15. The van der Waals surface area contributed by atoms with Crippen molar-refractivity contribution in [3.8, 4) is 0 Å². The normalized spacial score (nSPS) is 15.7. The Morgan fingerprint density at radius 2 is 2.33 bits per heavy atom. The van der Waals surface area contributed by atoms with Crippen molar-refractivity contribution in [1.82, 2.24) is 15.4 Å². The third-order valence-corrected chi connectivity index (χ3v) is 2.49. The Hall–Kier alpha value is -1.52. The molecule has 1 saturated heterocycles. The molecule has 1 N–H and O–H groups in total. The molecule has 15 heavy (non-hydrogen) atoms. The number of hydrogen-bond acceptors (Lipinski definition) is 3. The molecule has 5 heteroatoms. The molecule has 0 atom stereocenters. The molecule has 0 aromatic carbocycles. The monoisotopic (exact) mass is 209 g/mol. The van der Waals surface area contributed by atoms with E-state index in [0.717, 1.165) is 37.4 Å². The highest BCUT2D eigenvalue weighted by Crippen LogP contribution is 2.07. The summed E-state index contributed by atoms with van der Waals surface area (Å²) >= 11 is 0. The molecule has 1 aromatic heterocycles. The van der Waals surface area contributed by atoms with Crippen LogP contribution in [-0.2, 0) is 6.54 Å². The zero-order valence-electron chi connectivity index (χ0n) is 8.82. The van der Waals surface area contributed by atoms with E-state index in [0.29, 0.717) is 6.54 Å². The third-order valence-electron chi connectivity index (χ3n) is 2.49. The summed E-state index contributed by atoms with van der Waals surface area (Å²) in [6.45, 7) is 4.00. The summed E-state index contributed by atoms with van der Waals surface area (Å²) in [4.78, 5) is 13.4. The number of nitrogens with zero attached hydrogens (tertiary/aromatic N) is 2. The SMILES string of the molecule is Cc1cc(CNC(=O)N2CCCC2)no1. The summed E-state index contributed by atoms with van der Waals surface area (Å²) in [7, 11) is 0. The van der Waals surface area contributed by atoms with Crippen LogP contribution in [0.5, 0.6) is 0 Å². The minimum atomic E-state index is -0.00634. The number of carbonyl (C=O) groups excluding carboxylic acids is 1. The standard InChI is InChI=1S/C10H15N3O2/c1-8-6-9(12-15-8)7-11-10(14)13-4-2-3-5-13/h6H,2-5,7H2,1H3,(H,11,14). The number of aryl methyl sites for hydroxylation is 1. The molecule has 0 unspecified atom stereocenters. The van der Waals surface area contributed by atoms with Gasteiger partial charge in [0.1, 0.15) is 11.5 Å². The molecule has 0 bridgehead atoms. The summed E-state index contributed by atoms with van der Waals surface area (Å²) in [5, 5.41) is 6.62. The largest absolute Gasteiger partial charge is 0.361 e. The minimum Gasteiger partial charge on any atom is -0.361 e. The number of hydrogen-bond donors (Lipinski definition) is 1. The number of amides is 2. The lowest BCUT2D eigenvalue weighted by molar-refractivity contribution is 0.208. The van der Waals surface area contributed by atoms with E-state index in [4.69, 9.17) is 4.52 Å². The predicted octanol–water partition coefficient (Wildman–Crippen LogP) is 1.29. The Balaban J connectivity index is 1.80. The van der Waals surface area contributed by atoms with Gasteiger partial charge in [0, 0.05) is 19.2 Å². The summed E-state index contributed by atoms with van der Waals surface area (Å²) < 4.78 is 4.91. The predicted molar refractivity (Wildman–Crippen MR) is 54.3 cm³/mol. The van der Waals surface area contributed by atoms with Crippen molar-refractivity contribution in [2.45, 2.75) is 26.3 Å². The minimum absolute atomic E-state index is 0.00634. The lowest BCUT2D eigenvalue weighted by Crippen LogP contribution is -2.37. The van der Waals surface area contributed by atoms with E-state index in [1.165, 1.54) is 0 Å². The fraction of sp³-hybridized carbons (Fsp3) is 0.600. The Morgan fingerprint density at radius 3 is 2.93 bits per heavy atom. The van der Waals surface area contributed by atoms with E-state index in [2.05, 4.69) is 10.5 Å². The van der Waals surface area contributed by atoms with Gasteiger partial charge in [0.15, 0.2) is 0 Å². The van der Waals surface area contributed by atoms with Crippen LogP contribution < -0.4 is 5.32 Å². The Labute approximate surface area is 88.4 Å². The summed E-state index contributed by atoms with van der Waals surface area (Å²) in [5.41, 5.74) is 0.764. The van der Waals surface area contributed by atoms with Crippen LogP contribution in [0.1, 0.15) is 24.3 Å². The molecule has 5 nitrogen and oxygen atoms in total. The van der Waals surface area contributed by atoms with Crippen LogP contribution in [0.15, 0.2) is 10.6 Å². The van der Waals surface area contributed by atoms with Crippen molar-refractivity contribution in [3.05, 3.63) is 17.5 Å². The van der Waals surface area contributed by atoms with Gasteiger partial charge in [-0.05, 0) is 19.8 Å². The van der Waals surface area contributed by atoms with E-state index < -0.39 is 0 Å². The van der Waals surface area contributed by atoms with Crippen LogP contribution in [0, 0.1) is 6.92 Å². The average Bonchev–Trinajstić information content (AvgIpc) is 2.84. The molecule has 1 aliphatic rings. The molecule has 1 aliphatic heterocycles. The van der Waals surface area contributed by atoms with Gasteiger partial charge in [-0.25, -0.2) is 4.79 Å². The van der Waals surface area contributed by atoms with Crippen molar-refractivity contribution >= 4 is 6.03 Å². The maximum absolute atomic E-state index is 11.6. The molecule has 2 heterocycles. The van der Waals surface area contributed by atoms with Gasteiger partial charge in [0.2, 0.25) is 0 Å². The third kappa shape index (κ3) is 2.49. The fourth-order valence-corrected chi connectivity index (χ4v) is 1.70. The van der Waals surface area contributed by atoms with E-state index in [-0.39, 0.29) is 6.03 Å². The van der Waals surface area contributed by atoms with E-state index >= 15 is 0 Å². The van der Waals surface area contributed by atoms with Gasteiger partial charge in [0.05, 0.1) is 6.54 Å². The van der Waals surface area contributed by atoms with Gasteiger partial charge >= 0.3 is 6.03 Å². The topological polar surface area (TPSA) is 58.4 Å². The summed E-state index contributed by atoms with van der Waals surface area (Å²) in [5.74, 6) is 0.764. The Morgan fingerprint density at radius 1 is 1.60 bits per heavy atom. The van der Waals surface area contributed by atoms with E-state index in [1.54, 1.807) is 0 Å². The van der Waals surface area contributed by atoms with Crippen molar-refractivity contribution in [2.75, 3.05) is 13.1 Å². The number of likely N-dealkylation sites (tertiary alicyclic amines) is 1. The first kappa shape index (κ1) is 10.0. The van der Waals surface area contributed by atoms with Crippen LogP contribution in [0.2, 0.25) is 0 Å². The second-order valence-corrected chi connectivity index (χ2v) is 3.78. The van der Waals surface area contributed by atoms with Crippen LogP contribution in [0.25, 0.3) is 0 Å². The molecular formula is C10H15N3O2. The number of nitrogens with one attached hydrogen (secondary N) is 1. The highest BCUT2D eigenvalue weighted by atomic mass is 16.5. The molecular weight excluding hydrogens is 194 g/mol. The van der Waals surface area contributed by atoms with Crippen LogP contribution >= 0.6 is 0 Å². The van der Waals surface area contributed by atoms with Gasteiger partial charge < -0.3 is 14.7 Å². The molecule has 2 rings (SSSR count). The fourth-order valence-electron chi connectivity index (χ4n) is 1.70. The van der Waals surface area contributed by atoms with Gasteiger partial charge in [-0.1, -0.05) is 5.16 Å². The van der Waals surface area contributed by atoms with E-state index in [1.807, 2.05) is 17.9 Å². The maximum Gasteiger partial charge on any atom is 0.317 e. The first-order chi connectivity index (χ1) is 7.25. The van der Waals surface area contributed by atoms with Gasteiger partial charge in [-0.2, -0.15) is 0 Å². The molecule has 0 spiro atoms. The molecule has 2 amide bonds. The molecule has 0 saturated carbocycles. The smallest absolute Gasteiger partial charge is 0.317 e. The quantitative estimate of drug-likeness (QED) is 0.798. The van der Waals surface area contributed by atoms with Crippen molar-refractivity contribution < 1.29 is 9.32 Å². The van der Waals surface area contributed by atoms with Crippen molar-refractivity contribution in [1.29, 1.82) is 0 Å². The average molecular weight is 209 g/mol. The van der Waals surface area contributed by atoms with E-state index in [9.17, 15) is 4.79 Å². The molecule has 1 fully saturated rings. The lowest BCUT2D eigenvalue weighted by atomic mass is 10.4. The number of aromatic nitrogens is 1. The number of carbonyl (C=O) groups is 1. The summed E-state index contributed by atoms with van der Waals surface area (Å²) in [6.07, 6.45) is 2.22. The Kier molecular flexibility index (Phi) is 2.89.